The second-order valence-corrected chi connectivity index (χ2v) is 8.82. The molecule has 9 heteroatoms. The molecule has 0 saturated carbocycles. The van der Waals surface area contributed by atoms with Crippen molar-refractivity contribution in [3.63, 3.8) is 0 Å². The maximum atomic E-state index is 12.2. The molecule has 0 spiro atoms. The molecule has 0 saturated heterocycles. The molecular formula is C14H18N4O3S2. The lowest BCUT2D eigenvalue weighted by atomic mass is 10.1. The molecule has 1 heterocycles. The first-order valence-corrected chi connectivity index (χ1v) is 9.12. The van der Waals surface area contributed by atoms with Crippen LogP contribution in [0.3, 0.4) is 0 Å². The monoisotopic (exact) mass is 354 g/mol. The van der Waals surface area contributed by atoms with Gasteiger partial charge in [-0.1, -0.05) is 11.3 Å². The van der Waals surface area contributed by atoms with Crippen molar-refractivity contribution in [2.75, 3.05) is 5.32 Å². The summed E-state index contributed by atoms with van der Waals surface area (Å²) in [6, 6.07) is 5.71. The van der Waals surface area contributed by atoms with Crippen LogP contribution >= 0.6 is 11.3 Å². The first kappa shape index (κ1) is 17.5. The number of hydrogen-bond acceptors (Lipinski definition) is 6. The van der Waals surface area contributed by atoms with Gasteiger partial charge in [0.05, 0.1) is 4.90 Å². The van der Waals surface area contributed by atoms with Crippen LogP contribution in [0.1, 0.15) is 36.1 Å². The van der Waals surface area contributed by atoms with Crippen molar-refractivity contribution >= 4 is 32.4 Å². The zero-order valence-electron chi connectivity index (χ0n) is 13.2. The third-order valence-electron chi connectivity index (χ3n) is 2.61. The van der Waals surface area contributed by atoms with Gasteiger partial charge < -0.3 is 0 Å². The normalized spacial score (nSPS) is 12.2. The van der Waals surface area contributed by atoms with Crippen LogP contribution in [-0.4, -0.2) is 30.1 Å². The molecule has 1 aromatic heterocycles. The number of amides is 1. The smallest absolute Gasteiger partial charge is 0.257 e. The predicted molar refractivity (Wildman–Crippen MR) is 89.1 cm³/mol. The number of hydrogen-bond donors (Lipinski definition) is 2. The van der Waals surface area contributed by atoms with Gasteiger partial charge in [-0.05, 0) is 52.0 Å². The van der Waals surface area contributed by atoms with E-state index in [1.807, 2.05) is 0 Å². The van der Waals surface area contributed by atoms with Gasteiger partial charge in [0.15, 0.2) is 0 Å². The van der Waals surface area contributed by atoms with E-state index in [0.29, 0.717) is 10.7 Å². The Morgan fingerprint density at radius 1 is 1.13 bits per heavy atom. The molecule has 2 rings (SSSR count). The predicted octanol–water partition coefficient (Wildman–Crippen LogP) is 2.18. The number of anilines is 1. The minimum absolute atomic E-state index is 0.107. The fourth-order valence-corrected chi connectivity index (χ4v) is 3.77. The summed E-state index contributed by atoms with van der Waals surface area (Å²) in [5, 5.41) is 11.4. The Bertz CT molecular complexity index is 805. The standard InChI is InChI=1S/C14H18N4O3S2/c1-9-16-17-13(22-9)15-12(19)10-5-7-11(8-6-10)23(20,21)18-14(2,3)4/h5-8,18H,1-4H3,(H,15,17,19). The van der Waals surface area contributed by atoms with Crippen molar-refractivity contribution in [2.24, 2.45) is 0 Å². The van der Waals surface area contributed by atoms with Gasteiger partial charge in [0.25, 0.3) is 5.91 Å². The number of carbonyl (C=O) groups excluding carboxylic acids is 1. The average Bonchev–Trinajstić information content (AvgIpc) is 2.81. The number of nitrogens with zero attached hydrogens (tertiary/aromatic N) is 2. The molecule has 23 heavy (non-hydrogen) atoms. The average molecular weight is 354 g/mol. The minimum Gasteiger partial charge on any atom is -0.296 e. The molecule has 0 unspecified atom stereocenters. The molecule has 0 radical (unpaired) electrons. The van der Waals surface area contributed by atoms with Crippen LogP contribution in [0.15, 0.2) is 29.2 Å². The maximum Gasteiger partial charge on any atom is 0.257 e. The SMILES string of the molecule is Cc1nnc(NC(=O)c2ccc(S(=O)(=O)NC(C)(C)C)cc2)s1. The number of aryl methyl sites for hydroxylation is 1. The van der Waals surface area contributed by atoms with E-state index in [9.17, 15) is 13.2 Å². The topological polar surface area (TPSA) is 101 Å². The molecule has 0 aliphatic rings. The van der Waals surface area contributed by atoms with Crippen LogP contribution in [0.5, 0.6) is 0 Å². The van der Waals surface area contributed by atoms with E-state index in [1.165, 1.54) is 35.6 Å². The molecule has 2 aromatic rings. The van der Waals surface area contributed by atoms with Crippen LogP contribution in [0, 0.1) is 6.92 Å². The summed E-state index contributed by atoms with van der Waals surface area (Å²) in [4.78, 5) is 12.2. The highest BCUT2D eigenvalue weighted by atomic mass is 32.2. The van der Waals surface area contributed by atoms with Crippen LogP contribution in [0.2, 0.25) is 0 Å². The maximum absolute atomic E-state index is 12.2. The summed E-state index contributed by atoms with van der Waals surface area (Å²) >= 11 is 1.26. The summed E-state index contributed by atoms with van der Waals surface area (Å²) in [5.41, 5.74) is -0.238. The van der Waals surface area contributed by atoms with Gasteiger partial charge in [0, 0.05) is 11.1 Å². The molecular weight excluding hydrogens is 336 g/mol. The summed E-state index contributed by atoms with van der Waals surface area (Å²) in [6.07, 6.45) is 0. The van der Waals surface area contributed by atoms with E-state index >= 15 is 0 Å². The van der Waals surface area contributed by atoms with Gasteiger partial charge in [-0.15, -0.1) is 10.2 Å². The number of carbonyl (C=O) groups is 1. The van der Waals surface area contributed by atoms with Crippen molar-refractivity contribution in [1.82, 2.24) is 14.9 Å². The summed E-state index contributed by atoms with van der Waals surface area (Å²) in [5.74, 6) is -0.367. The Balaban J connectivity index is 2.14. The van der Waals surface area contributed by atoms with E-state index in [-0.39, 0.29) is 10.8 Å². The molecule has 0 fully saturated rings. The van der Waals surface area contributed by atoms with E-state index in [0.717, 1.165) is 5.01 Å². The van der Waals surface area contributed by atoms with Crippen LogP contribution in [0.4, 0.5) is 5.13 Å². The Hall–Kier alpha value is -1.84. The second-order valence-electron chi connectivity index (χ2n) is 5.96. The summed E-state index contributed by atoms with van der Waals surface area (Å²) in [7, 11) is -3.62. The van der Waals surface area contributed by atoms with Gasteiger partial charge in [-0.25, -0.2) is 13.1 Å². The van der Waals surface area contributed by atoms with Gasteiger partial charge in [-0.2, -0.15) is 0 Å². The second kappa shape index (κ2) is 6.34. The Labute approximate surface area is 139 Å². The van der Waals surface area contributed by atoms with Crippen molar-refractivity contribution in [3.8, 4) is 0 Å². The molecule has 0 aliphatic carbocycles. The van der Waals surface area contributed by atoms with Gasteiger partial charge in [0.1, 0.15) is 5.01 Å². The molecule has 1 aromatic carbocycles. The fourth-order valence-electron chi connectivity index (χ4n) is 1.76. The fraction of sp³-hybridized carbons (Fsp3) is 0.357. The zero-order chi connectivity index (χ0) is 17.3. The molecule has 7 nitrogen and oxygen atoms in total. The van der Waals surface area contributed by atoms with E-state index in [2.05, 4.69) is 20.2 Å². The number of nitrogens with one attached hydrogen (secondary N) is 2. The first-order chi connectivity index (χ1) is 10.6. The first-order valence-electron chi connectivity index (χ1n) is 6.82. The van der Waals surface area contributed by atoms with Gasteiger partial charge in [-0.3, -0.25) is 10.1 Å². The highest BCUT2D eigenvalue weighted by molar-refractivity contribution is 7.89. The highest BCUT2D eigenvalue weighted by Crippen LogP contribution is 2.17. The minimum atomic E-state index is -3.62. The lowest BCUT2D eigenvalue weighted by molar-refractivity contribution is 0.102. The van der Waals surface area contributed by atoms with Crippen LogP contribution < -0.4 is 10.0 Å². The lowest BCUT2D eigenvalue weighted by Crippen LogP contribution is -2.40. The van der Waals surface area contributed by atoms with Gasteiger partial charge in [0.2, 0.25) is 15.2 Å². The number of rotatable bonds is 4. The quantitative estimate of drug-likeness (QED) is 0.876. The Morgan fingerprint density at radius 2 is 1.74 bits per heavy atom. The van der Waals surface area contributed by atoms with Crippen LogP contribution in [-0.2, 0) is 10.0 Å². The van der Waals surface area contributed by atoms with E-state index in [1.54, 1.807) is 27.7 Å². The molecule has 0 atom stereocenters. The van der Waals surface area contributed by atoms with E-state index in [4.69, 9.17) is 0 Å². The molecule has 124 valence electrons. The third kappa shape index (κ3) is 4.81. The molecule has 2 N–H and O–H groups in total. The van der Waals surface area contributed by atoms with Crippen LogP contribution in [0.25, 0.3) is 0 Å². The van der Waals surface area contributed by atoms with Crippen molar-refractivity contribution in [2.45, 2.75) is 38.1 Å². The van der Waals surface area contributed by atoms with Crippen molar-refractivity contribution in [3.05, 3.63) is 34.8 Å². The number of sulfonamides is 1. The van der Waals surface area contributed by atoms with Crippen molar-refractivity contribution < 1.29 is 13.2 Å². The Morgan fingerprint density at radius 3 is 2.22 bits per heavy atom. The molecule has 0 aliphatic heterocycles. The molecule has 0 bridgehead atoms. The number of aromatic nitrogens is 2. The number of benzene rings is 1. The van der Waals surface area contributed by atoms with Gasteiger partial charge >= 0.3 is 0 Å². The molecule has 1 amide bonds. The summed E-state index contributed by atoms with van der Waals surface area (Å²) in [6.45, 7) is 7.07. The largest absolute Gasteiger partial charge is 0.296 e. The zero-order valence-corrected chi connectivity index (χ0v) is 14.9. The highest BCUT2D eigenvalue weighted by Gasteiger charge is 2.22. The van der Waals surface area contributed by atoms with E-state index < -0.39 is 15.6 Å². The summed E-state index contributed by atoms with van der Waals surface area (Å²) < 4.78 is 26.9. The third-order valence-corrected chi connectivity index (χ3v) is 5.14. The van der Waals surface area contributed by atoms with Crippen molar-refractivity contribution in [1.29, 1.82) is 0 Å². The Kier molecular flexibility index (Phi) is 4.83. The lowest BCUT2D eigenvalue weighted by Gasteiger charge is -2.20.